The quantitative estimate of drug-likeness (QED) is 0.788. The molecule has 0 spiro atoms. The normalized spacial score (nSPS) is 20.2. The zero-order chi connectivity index (χ0) is 16.6. The maximum atomic E-state index is 12.2. The molecular formula is C16H21N5O2. The zero-order valence-electron chi connectivity index (χ0n) is 13.4. The van der Waals surface area contributed by atoms with E-state index < -0.39 is 18.2 Å². The van der Waals surface area contributed by atoms with Gasteiger partial charge in [0.2, 0.25) is 5.95 Å². The number of aliphatic hydroxyl groups excluding tert-OH is 1. The lowest BCUT2D eigenvalue weighted by Gasteiger charge is -2.18. The van der Waals surface area contributed by atoms with Crippen molar-refractivity contribution in [2.24, 2.45) is 0 Å². The van der Waals surface area contributed by atoms with Gasteiger partial charge in [0.15, 0.2) is 0 Å². The summed E-state index contributed by atoms with van der Waals surface area (Å²) in [6, 6.07) is 6.86. The van der Waals surface area contributed by atoms with Crippen LogP contribution in [0.2, 0.25) is 0 Å². The summed E-state index contributed by atoms with van der Waals surface area (Å²) in [5.41, 5.74) is 1.80. The zero-order valence-corrected chi connectivity index (χ0v) is 13.4. The lowest BCUT2D eigenvalue weighted by Crippen LogP contribution is -2.37. The lowest BCUT2D eigenvalue weighted by atomic mass is 10.1. The van der Waals surface area contributed by atoms with Crippen LogP contribution < -0.4 is 10.6 Å². The average Bonchev–Trinajstić information content (AvgIpc) is 3.04. The molecule has 0 radical (unpaired) electrons. The number of hydrogen-bond acceptors (Lipinski definition) is 4. The van der Waals surface area contributed by atoms with Crippen molar-refractivity contribution in [3.8, 4) is 0 Å². The first kappa shape index (κ1) is 15.5. The number of urea groups is 1. The molecule has 2 atom stereocenters. The number of rotatable bonds is 2. The number of benzene rings is 1. The van der Waals surface area contributed by atoms with Gasteiger partial charge in [0, 0.05) is 6.42 Å². The van der Waals surface area contributed by atoms with Gasteiger partial charge in [-0.25, -0.2) is 14.5 Å². The van der Waals surface area contributed by atoms with Gasteiger partial charge in [0.05, 0.1) is 17.7 Å². The van der Waals surface area contributed by atoms with E-state index in [9.17, 15) is 9.90 Å². The van der Waals surface area contributed by atoms with Crippen LogP contribution in [-0.2, 0) is 12.0 Å². The topological polar surface area (TPSA) is 92.1 Å². The van der Waals surface area contributed by atoms with E-state index >= 15 is 0 Å². The molecule has 0 saturated heterocycles. The van der Waals surface area contributed by atoms with E-state index in [1.54, 1.807) is 11.0 Å². The van der Waals surface area contributed by atoms with E-state index in [2.05, 4.69) is 20.7 Å². The minimum absolute atomic E-state index is 0.204. The SMILES string of the molecule is CC(C)(C)n1cnc(NC(=O)N[C@H]2c3ccccc3C[C@H]2O)n1. The summed E-state index contributed by atoms with van der Waals surface area (Å²) in [7, 11) is 0. The molecule has 122 valence electrons. The lowest BCUT2D eigenvalue weighted by molar-refractivity contribution is 0.144. The standard InChI is InChI=1S/C16H21N5O2/c1-16(2,3)21-9-17-14(20-21)19-15(23)18-13-11-7-5-4-6-10(11)8-12(13)22/h4-7,9,12-13,22H,8H2,1-3H3,(H2,18,19,20,23)/t12-,13+/m1/s1. The summed E-state index contributed by atoms with van der Waals surface area (Å²) < 4.78 is 1.68. The number of carbonyl (C=O) groups is 1. The summed E-state index contributed by atoms with van der Waals surface area (Å²) in [5.74, 6) is 0.234. The van der Waals surface area contributed by atoms with E-state index in [0.717, 1.165) is 11.1 Å². The van der Waals surface area contributed by atoms with Crippen LogP contribution in [0.4, 0.5) is 10.7 Å². The predicted octanol–water partition coefficient (Wildman–Crippen LogP) is 1.81. The second-order valence-electron chi connectivity index (χ2n) is 6.73. The molecule has 7 nitrogen and oxygen atoms in total. The first-order chi connectivity index (χ1) is 10.8. The molecule has 7 heteroatoms. The van der Waals surface area contributed by atoms with Gasteiger partial charge < -0.3 is 10.4 Å². The maximum Gasteiger partial charge on any atom is 0.322 e. The summed E-state index contributed by atoms with van der Waals surface area (Å²) in [5, 5.41) is 19.8. The summed E-state index contributed by atoms with van der Waals surface area (Å²) in [6.45, 7) is 5.99. The van der Waals surface area contributed by atoms with Crippen molar-refractivity contribution in [2.75, 3.05) is 5.32 Å². The van der Waals surface area contributed by atoms with Gasteiger partial charge in [-0.15, -0.1) is 5.10 Å². The third kappa shape index (κ3) is 3.19. The summed E-state index contributed by atoms with van der Waals surface area (Å²) in [6.07, 6.45) is 1.49. The minimum atomic E-state index is -0.627. The van der Waals surface area contributed by atoms with Gasteiger partial charge in [0.1, 0.15) is 6.33 Å². The molecule has 1 aliphatic carbocycles. The first-order valence-electron chi connectivity index (χ1n) is 7.60. The van der Waals surface area contributed by atoms with Crippen molar-refractivity contribution in [1.82, 2.24) is 20.1 Å². The Morgan fingerprint density at radius 3 is 2.78 bits per heavy atom. The van der Waals surface area contributed by atoms with Crippen LogP contribution in [-0.4, -0.2) is 32.0 Å². The highest BCUT2D eigenvalue weighted by Crippen LogP contribution is 2.31. The number of carbonyl (C=O) groups excluding carboxylic acids is 1. The Kier molecular flexibility index (Phi) is 3.81. The van der Waals surface area contributed by atoms with Crippen LogP contribution in [0.1, 0.15) is 37.9 Å². The van der Waals surface area contributed by atoms with Gasteiger partial charge in [-0.05, 0) is 31.9 Å². The molecule has 23 heavy (non-hydrogen) atoms. The molecule has 0 aliphatic heterocycles. The van der Waals surface area contributed by atoms with Crippen LogP contribution in [0.3, 0.4) is 0 Å². The Labute approximate surface area is 134 Å². The molecule has 1 heterocycles. The molecule has 1 aromatic heterocycles. The fourth-order valence-corrected chi connectivity index (χ4v) is 2.67. The number of hydrogen-bond donors (Lipinski definition) is 3. The van der Waals surface area contributed by atoms with E-state index in [1.165, 1.54) is 0 Å². The highest BCUT2D eigenvalue weighted by atomic mass is 16.3. The Morgan fingerprint density at radius 2 is 2.09 bits per heavy atom. The van der Waals surface area contributed by atoms with Crippen molar-refractivity contribution >= 4 is 12.0 Å². The number of aliphatic hydroxyl groups is 1. The first-order valence-corrected chi connectivity index (χ1v) is 7.60. The Morgan fingerprint density at radius 1 is 1.35 bits per heavy atom. The van der Waals surface area contributed by atoms with Crippen molar-refractivity contribution in [1.29, 1.82) is 0 Å². The fourth-order valence-electron chi connectivity index (χ4n) is 2.67. The molecule has 3 N–H and O–H groups in total. The molecule has 1 aromatic carbocycles. The number of nitrogens with zero attached hydrogens (tertiary/aromatic N) is 3. The second-order valence-corrected chi connectivity index (χ2v) is 6.73. The van der Waals surface area contributed by atoms with E-state index in [-0.39, 0.29) is 11.5 Å². The highest BCUT2D eigenvalue weighted by molar-refractivity contribution is 5.87. The molecule has 0 saturated carbocycles. The van der Waals surface area contributed by atoms with Gasteiger partial charge in [-0.3, -0.25) is 5.32 Å². The van der Waals surface area contributed by atoms with E-state index in [0.29, 0.717) is 6.42 Å². The number of aromatic nitrogens is 3. The van der Waals surface area contributed by atoms with Crippen LogP contribution in [0.15, 0.2) is 30.6 Å². The molecule has 1 aliphatic rings. The molecule has 3 rings (SSSR count). The van der Waals surface area contributed by atoms with Crippen molar-refractivity contribution in [2.45, 2.75) is 44.9 Å². The highest BCUT2D eigenvalue weighted by Gasteiger charge is 2.32. The van der Waals surface area contributed by atoms with Gasteiger partial charge in [-0.2, -0.15) is 0 Å². The van der Waals surface area contributed by atoms with E-state index in [4.69, 9.17) is 0 Å². The van der Waals surface area contributed by atoms with Crippen LogP contribution in [0, 0.1) is 0 Å². The number of nitrogens with one attached hydrogen (secondary N) is 2. The van der Waals surface area contributed by atoms with Crippen molar-refractivity contribution in [3.63, 3.8) is 0 Å². The third-order valence-electron chi connectivity index (χ3n) is 3.90. The summed E-state index contributed by atoms with van der Waals surface area (Å²) in [4.78, 5) is 16.2. The number of amides is 2. The Hall–Kier alpha value is -2.41. The largest absolute Gasteiger partial charge is 0.390 e. The van der Waals surface area contributed by atoms with Crippen LogP contribution >= 0.6 is 0 Å². The average molecular weight is 315 g/mol. The predicted molar refractivity (Wildman–Crippen MR) is 86.1 cm³/mol. The van der Waals surface area contributed by atoms with Crippen molar-refractivity contribution in [3.05, 3.63) is 41.7 Å². The third-order valence-corrected chi connectivity index (χ3v) is 3.90. The van der Waals surface area contributed by atoms with E-state index in [1.807, 2.05) is 45.0 Å². The van der Waals surface area contributed by atoms with Crippen LogP contribution in [0.25, 0.3) is 0 Å². The maximum absolute atomic E-state index is 12.2. The molecule has 0 fully saturated rings. The minimum Gasteiger partial charge on any atom is -0.390 e. The van der Waals surface area contributed by atoms with Gasteiger partial charge in [-0.1, -0.05) is 24.3 Å². The van der Waals surface area contributed by atoms with Gasteiger partial charge >= 0.3 is 6.03 Å². The fraction of sp³-hybridized carbons (Fsp3) is 0.438. The smallest absolute Gasteiger partial charge is 0.322 e. The molecule has 2 amide bonds. The molecule has 2 aromatic rings. The molecule has 0 bridgehead atoms. The van der Waals surface area contributed by atoms with Crippen LogP contribution in [0.5, 0.6) is 0 Å². The molecule has 0 unspecified atom stereocenters. The summed E-state index contributed by atoms with van der Waals surface area (Å²) >= 11 is 0. The Bertz CT molecular complexity index is 719. The number of fused-ring (bicyclic) bond motifs is 1. The second kappa shape index (κ2) is 5.66. The molecular weight excluding hydrogens is 294 g/mol. The number of anilines is 1. The van der Waals surface area contributed by atoms with Gasteiger partial charge in [0.25, 0.3) is 0 Å². The Balaban J connectivity index is 1.67. The monoisotopic (exact) mass is 315 g/mol. The van der Waals surface area contributed by atoms with Crippen molar-refractivity contribution < 1.29 is 9.90 Å².